The fourth-order valence-corrected chi connectivity index (χ4v) is 1.90. The van der Waals surface area contributed by atoms with E-state index in [1.54, 1.807) is 4.90 Å². The lowest BCUT2D eigenvalue weighted by Crippen LogP contribution is -2.46. The molecule has 0 bridgehead atoms. The molecule has 2 atom stereocenters. The molecular formula is C9H16ClNO2. The van der Waals surface area contributed by atoms with Crippen LogP contribution in [0.25, 0.3) is 0 Å². The molecule has 0 saturated carbocycles. The van der Waals surface area contributed by atoms with Crippen LogP contribution in [0.5, 0.6) is 0 Å². The SMILES string of the molecule is CC[C@H]1CN(C(=O)CCl)CC[C@@H]1O. The highest BCUT2D eigenvalue weighted by molar-refractivity contribution is 6.27. The maximum absolute atomic E-state index is 11.2. The molecule has 0 aliphatic carbocycles. The minimum absolute atomic E-state index is 0.0213. The van der Waals surface area contributed by atoms with Gasteiger partial charge in [-0.1, -0.05) is 6.92 Å². The van der Waals surface area contributed by atoms with E-state index >= 15 is 0 Å². The average Bonchev–Trinajstić information content (AvgIpc) is 2.17. The normalized spacial score (nSPS) is 29.0. The highest BCUT2D eigenvalue weighted by Gasteiger charge is 2.28. The minimum atomic E-state index is -0.246. The molecule has 1 saturated heterocycles. The zero-order chi connectivity index (χ0) is 9.84. The van der Waals surface area contributed by atoms with Crippen LogP contribution in [0.1, 0.15) is 19.8 Å². The lowest BCUT2D eigenvalue weighted by molar-refractivity contribution is -0.132. The van der Waals surface area contributed by atoms with Gasteiger partial charge in [-0.2, -0.15) is 0 Å². The number of carbonyl (C=O) groups is 1. The van der Waals surface area contributed by atoms with E-state index in [-0.39, 0.29) is 23.8 Å². The molecule has 1 fully saturated rings. The monoisotopic (exact) mass is 205 g/mol. The van der Waals surface area contributed by atoms with Crippen molar-refractivity contribution in [3.05, 3.63) is 0 Å². The first-order chi connectivity index (χ1) is 6.19. The number of nitrogens with zero attached hydrogens (tertiary/aromatic N) is 1. The predicted octanol–water partition coefficient (Wildman–Crippen LogP) is 0.845. The first kappa shape index (κ1) is 10.8. The number of alkyl halides is 1. The second-order valence-corrected chi connectivity index (χ2v) is 3.76. The Hall–Kier alpha value is -0.280. The number of amides is 1. The van der Waals surface area contributed by atoms with Crippen LogP contribution in [0, 0.1) is 5.92 Å². The van der Waals surface area contributed by atoms with Crippen molar-refractivity contribution in [1.82, 2.24) is 4.90 Å². The van der Waals surface area contributed by atoms with E-state index in [1.807, 2.05) is 6.92 Å². The third kappa shape index (κ3) is 2.58. The van der Waals surface area contributed by atoms with Gasteiger partial charge in [0, 0.05) is 19.0 Å². The highest BCUT2D eigenvalue weighted by Crippen LogP contribution is 2.20. The summed E-state index contributed by atoms with van der Waals surface area (Å²) in [4.78, 5) is 13.0. The van der Waals surface area contributed by atoms with Gasteiger partial charge < -0.3 is 10.0 Å². The maximum atomic E-state index is 11.2. The van der Waals surface area contributed by atoms with Gasteiger partial charge in [-0.25, -0.2) is 0 Å². The molecule has 0 radical (unpaired) electrons. The van der Waals surface area contributed by atoms with Crippen LogP contribution in [-0.4, -0.2) is 41.0 Å². The number of halogens is 1. The molecule has 1 rings (SSSR count). The van der Waals surface area contributed by atoms with E-state index in [0.717, 1.165) is 6.42 Å². The van der Waals surface area contributed by atoms with Crippen LogP contribution < -0.4 is 0 Å². The Kier molecular flexibility index (Phi) is 4.00. The summed E-state index contributed by atoms with van der Waals surface area (Å²) in [6.07, 6.45) is 1.35. The van der Waals surface area contributed by atoms with Gasteiger partial charge in [0.25, 0.3) is 0 Å². The zero-order valence-electron chi connectivity index (χ0n) is 7.87. The fraction of sp³-hybridized carbons (Fsp3) is 0.889. The molecule has 4 heteroatoms. The summed E-state index contributed by atoms with van der Waals surface area (Å²) in [6, 6.07) is 0. The van der Waals surface area contributed by atoms with Gasteiger partial charge in [-0.3, -0.25) is 4.79 Å². The Morgan fingerprint density at radius 3 is 2.92 bits per heavy atom. The van der Waals surface area contributed by atoms with E-state index in [2.05, 4.69) is 0 Å². The summed E-state index contributed by atoms with van der Waals surface area (Å²) < 4.78 is 0. The van der Waals surface area contributed by atoms with Crippen molar-refractivity contribution in [2.24, 2.45) is 5.92 Å². The summed E-state index contributed by atoms with van der Waals surface area (Å²) in [6.45, 7) is 3.33. The number of rotatable bonds is 2. The van der Waals surface area contributed by atoms with Gasteiger partial charge >= 0.3 is 0 Å². The third-order valence-electron chi connectivity index (χ3n) is 2.69. The smallest absolute Gasteiger partial charge is 0.237 e. The molecule has 3 nitrogen and oxygen atoms in total. The van der Waals surface area contributed by atoms with Crippen LogP contribution in [0.3, 0.4) is 0 Å². The predicted molar refractivity (Wildman–Crippen MR) is 51.7 cm³/mol. The molecule has 1 heterocycles. The summed E-state index contributed by atoms with van der Waals surface area (Å²) in [5.41, 5.74) is 0. The summed E-state index contributed by atoms with van der Waals surface area (Å²) in [5.74, 6) is 0.250. The lowest BCUT2D eigenvalue weighted by Gasteiger charge is -2.35. The van der Waals surface area contributed by atoms with Crippen molar-refractivity contribution >= 4 is 17.5 Å². The van der Waals surface area contributed by atoms with Crippen molar-refractivity contribution in [2.45, 2.75) is 25.9 Å². The molecular weight excluding hydrogens is 190 g/mol. The standard InChI is InChI=1S/C9H16ClNO2/c1-2-7-6-11(9(13)5-10)4-3-8(7)12/h7-8,12H,2-6H2,1H3/t7-,8-/m0/s1. The number of piperidine rings is 1. The van der Waals surface area contributed by atoms with Crippen LogP contribution in [0.4, 0.5) is 0 Å². The van der Waals surface area contributed by atoms with E-state index < -0.39 is 0 Å². The summed E-state index contributed by atoms with van der Waals surface area (Å²) >= 11 is 5.46. The van der Waals surface area contributed by atoms with Crippen LogP contribution >= 0.6 is 11.6 Å². The number of aliphatic hydroxyl groups is 1. The number of hydrogen-bond acceptors (Lipinski definition) is 2. The van der Waals surface area contributed by atoms with Crippen molar-refractivity contribution in [2.75, 3.05) is 19.0 Å². The molecule has 0 unspecified atom stereocenters. The third-order valence-corrected chi connectivity index (χ3v) is 2.91. The summed E-state index contributed by atoms with van der Waals surface area (Å²) in [7, 11) is 0. The minimum Gasteiger partial charge on any atom is -0.393 e. The molecule has 1 aliphatic rings. The number of carbonyl (C=O) groups excluding carboxylic acids is 1. The number of hydrogen-bond donors (Lipinski definition) is 1. The van der Waals surface area contributed by atoms with Gasteiger partial charge in [0.15, 0.2) is 0 Å². The molecule has 1 amide bonds. The Bertz CT molecular complexity index is 186. The number of aliphatic hydroxyl groups excluding tert-OH is 1. The summed E-state index contributed by atoms with van der Waals surface area (Å²) in [5, 5.41) is 9.57. The van der Waals surface area contributed by atoms with Gasteiger partial charge in [0.2, 0.25) is 5.91 Å². The number of likely N-dealkylation sites (tertiary alicyclic amines) is 1. The largest absolute Gasteiger partial charge is 0.393 e. The van der Waals surface area contributed by atoms with Gasteiger partial charge in [-0.15, -0.1) is 11.6 Å². The Morgan fingerprint density at radius 2 is 2.38 bits per heavy atom. The molecule has 1 N–H and O–H groups in total. The Labute approximate surface area is 83.7 Å². The van der Waals surface area contributed by atoms with E-state index in [0.29, 0.717) is 19.5 Å². The van der Waals surface area contributed by atoms with E-state index in [4.69, 9.17) is 11.6 Å². The molecule has 76 valence electrons. The molecule has 1 aliphatic heterocycles. The second-order valence-electron chi connectivity index (χ2n) is 3.50. The molecule has 0 aromatic heterocycles. The fourth-order valence-electron chi connectivity index (χ4n) is 1.73. The van der Waals surface area contributed by atoms with Crippen LogP contribution in [0.2, 0.25) is 0 Å². The average molecular weight is 206 g/mol. The van der Waals surface area contributed by atoms with Crippen molar-refractivity contribution in [1.29, 1.82) is 0 Å². The quantitative estimate of drug-likeness (QED) is 0.679. The zero-order valence-corrected chi connectivity index (χ0v) is 8.63. The molecule has 0 spiro atoms. The van der Waals surface area contributed by atoms with Crippen molar-refractivity contribution in [3.63, 3.8) is 0 Å². The Morgan fingerprint density at radius 1 is 1.69 bits per heavy atom. The Balaban J connectivity index is 2.49. The molecule has 0 aromatic rings. The first-order valence-electron chi connectivity index (χ1n) is 4.70. The van der Waals surface area contributed by atoms with E-state index in [9.17, 15) is 9.90 Å². The van der Waals surface area contributed by atoms with E-state index in [1.165, 1.54) is 0 Å². The highest BCUT2D eigenvalue weighted by atomic mass is 35.5. The molecule has 13 heavy (non-hydrogen) atoms. The topological polar surface area (TPSA) is 40.5 Å². The molecule has 0 aromatic carbocycles. The maximum Gasteiger partial charge on any atom is 0.237 e. The van der Waals surface area contributed by atoms with Gasteiger partial charge in [0.05, 0.1) is 6.10 Å². The first-order valence-corrected chi connectivity index (χ1v) is 5.24. The van der Waals surface area contributed by atoms with Gasteiger partial charge in [0.1, 0.15) is 5.88 Å². The lowest BCUT2D eigenvalue weighted by atomic mass is 9.92. The van der Waals surface area contributed by atoms with Crippen LogP contribution in [-0.2, 0) is 4.79 Å². The van der Waals surface area contributed by atoms with Crippen LogP contribution in [0.15, 0.2) is 0 Å². The van der Waals surface area contributed by atoms with Crippen molar-refractivity contribution < 1.29 is 9.90 Å². The van der Waals surface area contributed by atoms with Crippen molar-refractivity contribution in [3.8, 4) is 0 Å². The second kappa shape index (κ2) is 4.82. The van der Waals surface area contributed by atoms with Gasteiger partial charge in [-0.05, 0) is 12.8 Å².